The van der Waals surface area contributed by atoms with Gasteiger partial charge in [0.15, 0.2) is 6.10 Å². The first-order valence-corrected chi connectivity index (χ1v) is 10.9. The maximum absolute atomic E-state index is 13.7. The number of halogens is 1. The van der Waals surface area contributed by atoms with E-state index in [9.17, 15) is 23.6 Å². The Hall–Kier alpha value is -4.33. The predicted molar refractivity (Wildman–Crippen MR) is 128 cm³/mol. The first-order chi connectivity index (χ1) is 16.6. The molecule has 1 unspecified atom stereocenters. The average Bonchev–Trinajstić information content (AvgIpc) is 3.07. The Morgan fingerprint density at radius 3 is 2.29 bits per heavy atom. The lowest BCUT2D eigenvalue weighted by Gasteiger charge is -2.17. The van der Waals surface area contributed by atoms with Crippen molar-refractivity contribution in [1.29, 1.82) is 0 Å². The van der Waals surface area contributed by atoms with Crippen LogP contribution in [0.15, 0.2) is 54.6 Å². The van der Waals surface area contributed by atoms with Crippen LogP contribution in [0.5, 0.6) is 0 Å². The molecule has 1 aliphatic rings. The first kappa shape index (κ1) is 23.8. The van der Waals surface area contributed by atoms with Crippen molar-refractivity contribution in [3.63, 3.8) is 0 Å². The zero-order valence-corrected chi connectivity index (χ0v) is 19.6. The molecular formula is C27H23FN2O5. The lowest BCUT2D eigenvalue weighted by molar-refractivity contribution is -0.123. The zero-order chi connectivity index (χ0) is 25.4. The molecule has 8 heteroatoms. The number of esters is 1. The number of nitrogens with zero attached hydrogens (tertiary/aromatic N) is 1. The highest BCUT2D eigenvalue weighted by Crippen LogP contribution is 2.32. The lowest BCUT2D eigenvalue weighted by Crippen LogP contribution is -2.30. The van der Waals surface area contributed by atoms with Gasteiger partial charge in [-0.3, -0.25) is 14.4 Å². The first-order valence-electron chi connectivity index (χ1n) is 10.9. The molecule has 7 nitrogen and oxygen atoms in total. The number of benzene rings is 3. The van der Waals surface area contributed by atoms with Gasteiger partial charge in [0.2, 0.25) is 0 Å². The Labute approximate surface area is 201 Å². The Kier molecular flexibility index (Phi) is 6.22. The fraction of sp³-hybridized carbons (Fsp3) is 0.185. The summed E-state index contributed by atoms with van der Waals surface area (Å²) < 4.78 is 19.0. The lowest BCUT2D eigenvalue weighted by atomic mass is 10.1. The van der Waals surface area contributed by atoms with Gasteiger partial charge in [-0.2, -0.15) is 0 Å². The molecule has 0 bridgehead atoms. The van der Waals surface area contributed by atoms with Crippen molar-refractivity contribution in [2.24, 2.45) is 0 Å². The number of carbonyl (C=O) groups excluding carboxylic acids is 4. The molecule has 0 aliphatic carbocycles. The van der Waals surface area contributed by atoms with E-state index in [1.807, 2.05) is 19.1 Å². The molecule has 0 spiro atoms. The van der Waals surface area contributed by atoms with Crippen LogP contribution < -0.4 is 10.2 Å². The number of rotatable bonds is 5. The van der Waals surface area contributed by atoms with E-state index in [2.05, 4.69) is 5.32 Å². The molecule has 1 N–H and O–H groups in total. The van der Waals surface area contributed by atoms with E-state index in [1.54, 1.807) is 19.9 Å². The van der Waals surface area contributed by atoms with Gasteiger partial charge in [-0.25, -0.2) is 14.1 Å². The highest BCUT2D eigenvalue weighted by molar-refractivity contribution is 6.35. The van der Waals surface area contributed by atoms with Crippen molar-refractivity contribution < 1.29 is 28.3 Å². The van der Waals surface area contributed by atoms with Gasteiger partial charge in [-0.15, -0.1) is 0 Å². The van der Waals surface area contributed by atoms with Gasteiger partial charge in [-0.05, 0) is 80.8 Å². The van der Waals surface area contributed by atoms with Crippen LogP contribution >= 0.6 is 0 Å². The van der Waals surface area contributed by atoms with Crippen molar-refractivity contribution in [1.82, 2.24) is 0 Å². The maximum atomic E-state index is 13.7. The van der Waals surface area contributed by atoms with Crippen molar-refractivity contribution in [2.75, 3.05) is 10.2 Å². The fourth-order valence-electron chi connectivity index (χ4n) is 3.74. The minimum atomic E-state index is -1.19. The van der Waals surface area contributed by atoms with Gasteiger partial charge < -0.3 is 10.1 Å². The molecule has 0 radical (unpaired) electrons. The predicted octanol–water partition coefficient (Wildman–Crippen LogP) is 4.74. The van der Waals surface area contributed by atoms with Crippen LogP contribution in [-0.2, 0) is 9.53 Å². The van der Waals surface area contributed by atoms with Crippen molar-refractivity contribution >= 4 is 35.1 Å². The summed E-state index contributed by atoms with van der Waals surface area (Å²) in [5.41, 5.74) is 3.09. The van der Waals surface area contributed by atoms with E-state index in [0.29, 0.717) is 11.3 Å². The third kappa shape index (κ3) is 4.55. The van der Waals surface area contributed by atoms with Gasteiger partial charge in [0.25, 0.3) is 17.7 Å². The van der Waals surface area contributed by atoms with Crippen LogP contribution in [0.1, 0.15) is 54.7 Å². The van der Waals surface area contributed by atoms with E-state index in [4.69, 9.17) is 4.74 Å². The summed E-state index contributed by atoms with van der Waals surface area (Å²) in [7, 11) is 0. The number of imide groups is 1. The number of aryl methyl sites for hydroxylation is 3. The van der Waals surface area contributed by atoms with Crippen LogP contribution in [0.2, 0.25) is 0 Å². The highest BCUT2D eigenvalue weighted by Gasteiger charge is 2.38. The highest BCUT2D eigenvalue weighted by atomic mass is 19.1. The van der Waals surface area contributed by atoms with Crippen LogP contribution in [0.3, 0.4) is 0 Å². The van der Waals surface area contributed by atoms with Crippen LogP contribution in [0.4, 0.5) is 15.8 Å². The Morgan fingerprint density at radius 2 is 1.57 bits per heavy atom. The standard InChI is InChI=1S/C27H23FN2O5/c1-14-5-6-16(3)23(11-14)30-25(32)20-10-8-18(12-21(20)26(30)33)27(34)35-17(4)24(31)29-19-9-7-15(2)22(28)13-19/h5-13,17H,1-4H3,(H,29,31). The second-order valence-corrected chi connectivity index (χ2v) is 8.50. The maximum Gasteiger partial charge on any atom is 0.338 e. The molecule has 1 aliphatic heterocycles. The van der Waals surface area contributed by atoms with E-state index in [1.165, 1.54) is 43.3 Å². The normalized spacial score (nSPS) is 13.5. The second-order valence-electron chi connectivity index (χ2n) is 8.50. The number of fused-ring (bicyclic) bond motifs is 1. The minimum Gasteiger partial charge on any atom is -0.449 e. The Balaban J connectivity index is 1.50. The summed E-state index contributed by atoms with van der Waals surface area (Å²) in [6.45, 7) is 6.64. The molecule has 0 aromatic heterocycles. The molecule has 35 heavy (non-hydrogen) atoms. The van der Waals surface area contributed by atoms with Crippen molar-refractivity contribution in [2.45, 2.75) is 33.8 Å². The molecule has 3 aromatic carbocycles. The minimum absolute atomic E-state index is 0.0220. The number of carbonyl (C=O) groups is 4. The summed E-state index contributed by atoms with van der Waals surface area (Å²) in [5.74, 6) is -2.97. The molecule has 0 saturated heterocycles. The quantitative estimate of drug-likeness (QED) is 0.426. The average molecular weight is 474 g/mol. The summed E-state index contributed by atoms with van der Waals surface area (Å²) in [6, 6.07) is 13.8. The summed E-state index contributed by atoms with van der Waals surface area (Å²) >= 11 is 0. The second kappa shape index (κ2) is 9.13. The summed E-state index contributed by atoms with van der Waals surface area (Å²) in [4.78, 5) is 52.2. The van der Waals surface area contributed by atoms with E-state index < -0.39 is 35.6 Å². The molecular weight excluding hydrogens is 451 g/mol. The fourth-order valence-corrected chi connectivity index (χ4v) is 3.74. The SMILES string of the molecule is Cc1ccc(C)c(N2C(=O)c3ccc(C(=O)OC(C)C(=O)Nc4ccc(C)c(F)c4)cc3C2=O)c1. The monoisotopic (exact) mass is 474 g/mol. The molecule has 4 rings (SSSR count). The number of ether oxygens (including phenoxy) is 1. The number of amides is 3. The topological polar surface area (TPSA) is 92.8 Å². The number of anilines is 2. The van der Waals surface area contributed by atoms with E-state index in [0.717, 1.165) is 16.0 Å². The summed E-state index contributed by atoms with van der Waals surface area (Å²) in [6.07, 6.45) is -1.19. The third-order valence-electron chi connectivity index (χ3n) is 5.82. The van der Waals surface area contributed by atoms with Crippen LogP contribution in [-0.4, -0.2) is 29.8 Å². The Bertz CT molecular complexity index is 1400. The van der Waals surface area contributed by atoms with Gasteiger partial charge in [0.1, 0.15) is 5.82 Å². The van der Waals surface area contributed by atoms with Gasteiger partial charge in [-0.1, -0.05) is 18.2 Å². The summed E-state index contributed by atoms with van der Waals surface area (Å²) in [5, 5.41) is 2.49. The smallest absolute Gasteiger partial charge is 0.338 e. The number of hydrogen-bond acceptors (Lipinski definition) is 5. The van der Waals surface area contributed by atoms with Gasteiger partial charge >= 0.3 is 5.97 Å². The third-order valence-corrected chi connectivity index (χ3v) is 5.82. The number of hydrogen-bond donors (Lipinski definition) is 1. The van der Waals surface area contributed by atoms with E-state index in [-0.39, 0.29) is 22.4 Å². The number of nitrogens with one attached hydrogen (secondary N) is 1. The zero-order valence-electron chi connectivity index (χ0n) is 19.6. The van der Waals surface area contributed by atoms with E-state index >= 15 is 0 Å². The Morgan fingerprint density at radius 1 is 0.886 bits per heavy atom. The largest absolute Gasteiger partial charge is 0.449 e. The molecule has 0 fully saturated rings. The van der Waals surface area contributed by atoms with Crippen LogP contribution in [0.25, 0.3) is 0 Å². The van der Waals surface area contributed by atoms with Crippen molar-refractivity contribution in [3.05, 3.63) is 93.8 Å². The van der Waals surface area contributed by atoms with Crippen LogP contribution in [0, 0.1) is 26.6 Å². The van der Waals surface area contributed by atoms with Gasteiger partial charge in [0.05, 0.1) is 22.4 Å². The van der Waals surface area contributed by atoms with Gasteiger partial charge in [0, 0.05) is 5.69 Å². The molecule has 1 heterocycles. The molecule has 0 saturated carbocycles. The molecule has 3 aromatic rings. The molecule has 3 amide bonds. The van der Waals surface area contributed by atoms with Crippen molar-refractivity contribution in [3.8, 4) is 0 Å². The molecule has 1 atom stereocenters. The molecule has 178 valence electrons.